The predicted octanol–water partition coefficient (Wildman–Crippen LogP) is 2.56. The van der Waals surface area contributed by atoms with E-state index in [9.17, 15) is 9.90 Å². The van der Waals surface area contributed by atoms with Gasteiger partial charge in [0.1, 0.15) is 6.04 Å². The van der Waals surface area contributed by atoms with Gasteiger partial charge in [0.2, 0.25) is 0 Å². The van der Waals surface area contributed by atoms with Crippen LogP contribution in [0.25, 0.3) is 0 Å². The molecule has 0 aromatic heterocycles. The van der Waals surface area contributed by atoms with Crippen molar-refractivity contribution in [3.8, 4) is 6.07 Å². The van der Waals surface area contributed by atoms with Crippen LogP contribution in [-0.2, 0) is 4.79 Å². The molecule has 0 saturated carbocycles. The van der Waals surface area contributed by atoms with Gasteiger partial charge in [0.15, 0.2) is 0 Å². The van der Waals surface area contributed by atoms with E-state index >= 15 is 0 Å². The Morgan fingerprint density at radius 1 is 1.53 bits per heavy atom. The number of aryl methyl sites for hydroxylation is 1. The van der Waals surface area contributed by atoms with Gasteiger partial charge in [0.25, 0.3) is 0 Å². The Kier molecular flexibility index (Phi) is 3.75. The topological polar surface area (TPSA) is 64.3 Å². The molecule has 1 aliphatic heterocycles. The van der Waals surface area contributed by atoms with E-state index in [1.54, 1.807) is 6.07 Å². The summed E-state index contributed by atoms with van der Waals surface area (Å²) in [5, 5.41) is 18.3. The fourth-order valence-corrected chi connectivity index (χ4v) is 2.64. The van der Waals surface area contributed by atoms with Gasteiger partial charge in [-0.25, -0.2) is 4.79 Å². The van der Waals surface area contributed by atoms with Crippen molar-refractivity contribution in [3.63, 3.8) is 0 Å². The van der Waals surface area contributed by atoms with E-state index in [0.717, 1.165) is 24.2 Å². The van der Waals surface area contributed by atoms with Crippen LogP contribution in [0, 0.1) is 24.2 Å². The molecule has 0 aliphatic carbocycles. The van der Waals surface area contributed by atoms with Gasteiger partial charge in [-0.2, -0.15) is 5.26 Å². The van der Waals surface area contributed by atoms with E-state index in [-0.39, 0.29) is 0 Å². The number of carbonyl (C=O) groups is 1. The Morgan fingerprint density at radius 3 is 2.84 bits per heavy atom. The molecular weight excluding hydrogens is 240 g/mol. The molecule has 100 valence electrons. The molecule has 1 N–H and O–H groups in total. The minimum atomic E-state index is -0.770. The zero-order valence-corrected chi connectivity index (χ0v) is 11.3. The van der Waals surface area contributed by atoms with Gasteiger partial charge < -0.3 is 10.0 Å². The molecule has 1 heterocycles. The van der Waals surface area contributed by atoms with Gasteiger partial charge >= 0.3 is 5.97 Å². The second-order valence-corrected chi connectivity index (χ2v) is 5.29. The van der Waals surface area contributed by atoms with Crippen molar-refractivity contribution in [1.29, 1.82) is 5.26 Å². The van der Waals surface area contributed by atoms with Crippen molar-refractivity contribution >= 4 is 11.7 Å². The number of hydrogen-bond donors (Lipinski definition) is 1. The monoisotopic (exact) mass is 258 g/mol. The third-order valence-corrected chi connectivity index (χ3v) is 3.81. The number of rotatable bonds is 2. The summed E-state index contributed by atoms with van der Waals surface area (Å²) in [6.45, 7) is 4.73. The highest BCUT2D eigenvalue weighted by Crippen LogP contribution is 2.29. The third kappa shape index (κ3) is 2.70. The lowest BCUT2D eigenvalue weighted by molar-refractivity contribution is -0.139. The van der Waals surface area contributed by atoms with E-state index < -0.39 is 12.0 Å². The normalized spacial score (nSPS) is 22.9. The Bertz CT molecular complexity index is 533. The van der Waals surface area contributed by atoms with Crippen LogP contribution in [0.4, 0.5) is 5.69 Å². The maximum atomic E-state index is 11.4. The van der Waals surface area contributed by atoms with E-state index in [4.69, 9.17) is 5.26 Å². The predicted molar refractivity (Wildman–Crippen MR) is 73.1 cm³/mol. The van der Waals surface area contributed by atoms with E-state index in [0.29, 0.717) is 17.9 Å². The molecule has 1 aromatic rings. The molecule has 4 nitrogen and oxygen atoms in total. The lowest BCUT2D eigenvalue weighted by atomic mass is 9.91. The van der Waals surface area contributed by atoms with Crippen molar-refractivity contribution in [1.82, 2.24) is 0 Å². The number of benzene rings is 1. The number of nitrogens with zero attached hydrogens (tertiary/aromatic N) is 2. The summed E-state index contributed by atoms with van der Waals surface area (Å²) in [4.78, 5) is 13.3. The summed E-state index contributed by atoms with van der Waals surface area (Å²) in [5.41, 5.74) is 2.43. The van der Waals surface area contributed by atoms with Crippen LogP contribution in [0.1, 0.15) is 30.9 Å². The van der Waals surface area contributed by atoms with E-state index in [1.165, 1.54) is 0 Å². The molecular formula is C15H18N2O2. The summed E-state index contributed by atoms with van der Waals surface area (Å²) in [6, 6.07) is 7.19. The number of hydrogen-bond acceptors (Lipinski definition) is 3. The number of carboxylic acids is 1. The van der Waals surface area contributed by atoms with Gasteiger partial charge in [-0.1, -0.05) is 6.92 Å². The maximum absolute atomic E-state index is 11.4. The molecule has 1 fully saturated rings. The summed E-state index contributed by atoms with van der Waals surface area (Å²) in [5.74, 6) is -0.328. The molecule has 1 aliphatic rings. The van der Waals surface area contributed by atoms with Gasteiger partial charge in [-0.15, -0.1) is 0 Å². The van der Waals surface area contributed by atoms with Crippen molar-refractivity contribution in [2.24, 2.45) is 5.92 Å². The van der Waals surface area contributed by atoms with Crippen LogP contribution in [0.3, 0.4) is 0 Å². The highest BCUT2D eigenvalue weighted by Gasteiger charge is 2.31. The second-order valence-electron chi connectivity index (χ2n) is 5.29. The highest BCUT2D eigenvalue weighted by atomic mass is 16.4. The lowest BCUT2D eigenvalue weighted by Gasteiger charge is -2.37. The van der Waals surface area contributed by atoms with Crippen molar-refractivity contribution < 1.29 is 9.90 Å². The first-order valence-corrected chi connectivity index (χ1v) is 6.53. The van der Waals surface area contributed by atoms with Crippen molar-refractivity contribution in [2.45, 2.75) is 32.7 Å². The molecule has 19 heavy (non-hydrogen) atoms. The average molecular weight is 258 g/mol. The molecule has 0 amide bonds. The summed E-state index contributed by atoms with van der Waals surface area (Å²) >= 11 is 0. The fraction of sp³-hybridized carbons (Fsp3) is 0.467. The molecule has 0 spiro atoms. The minimum absolute atomic E-state index is 0.442. The van der Waals surface area contributed by atoms with Gasteiger partial charge in [0, 0.05) is 12.2 Å². The van der Waals surface area contributed by atoms with E-state index in [1.807, 2.05) is 24.0 Å². The standard InChI is InChI=1S/C15H18N2O2/c1-10-5-6-17(14(7-10)15(18)19)13-4-3-12(9-16)11(2)8-13/h3-4,8,10,14H,5-7H2,1-2H3,(H,18,19). The number of anilines is 1. The number of nitriles is 1. The fourth-order valence-electron chi connectivity index (χ4n) is 2.64. The van der Waals surface area contributed by atoms with Crippen molar-refractivity contribution in [3.05, 3.63) is 29.3 Å². The largest absolute Gasteiger partial charge is 0.480 e. The second kappa shape index (κ2) is 5.31. The van der Waals surface area contributed by atoms with Gasteiger partial charge in [-0.05, 0) is 49.4 Å². The highest BCUT2D eigenvalue weighted by molar-refractivity contribution is 5.78. The van der Waals surface area contributed by atoms with Crippen LogP contribution >= 0.6 is 0 Å². The SMILES string of the molecule is Cc1cc(N2CCC(C)CC2C(=O)O)ccc1C#N. The Morgan fingerprint density at radius 2 is 2.26 bits per heavy atom. The smallest absolute Gasteiger partial charge is 0.326 e. The van der Waals surface area contributed by atoms with Gasteiger partial charge in [-0.3, -0.25) is 0 Å². The summed E-state index contributed by atoms with van der Waals surface area (Å²) in [7, 11) is 0. The molecule has 2 rings (SSSR count). The minimum Gasteiger partial charge on any atom is -0.480 e. The quantitative estimate of drug-likeness (QED) is 0.885. The maximum Gasteiger partial charge on any atom is 0.326 e. The van der Waals surface area contributed by atoms with Crippen LogP contribution in [-0.4, -0.2) is 23.7 Å². The Labute approximate surface area is 113 Å². The Hall–Kier alpha value is -2.02. The van der Waals surface area contributed by atoms with Crippen LogP contribution < -0.4 is 4.90 Å². The Balaban J connectivity index is 2.31. The molecule has 2 atom stereocenters. The van der Waals surface area contributed by atoms with Crippen LogP contribution in [0.15, 0.2) is 18.2 Å². The van der Waals surface area contributed by atoms with Gasteiger partial charge in [0.05, 0.1) is 11.6 Å². The lowest BCUT2D eigenvalue weighted by Crippen LogP contribution is -2.47. The summed E-state index contributed by atoms with van der Waals surface area (Å²) < 4.78 is 0. The first kappa shape index (κ1) is 13.4. The molecule has 2 unspecified atom stereocenters. The third-order valence-electron chi connectivity index (χ3n) is 3.81. The first-order valence-electron chi connectivity index (χ1n) is 6.53. The molecule has 0 radical (unpaired) electrons. The zero-order chi connectivity index (χ0) is 14.0. The molecule has 1 saturated heterocycles. The van der Waals surface area contributed by atoms with Crippen molar-refractivity contribution in [2.75, 3.05) is 11.4 Å². The number of aliphatic carboxylic acids is 1. The zero-order valence-electron chi connectivity index (χ0n) is 11.3. The van der Waals surface area contributed by atoms with Crippen LogP contribution in [0.5, 0.6) is 0 Å². The number of piperidine rings is 1. The molecule has 4 heteroatoms. The van der Waals surface area contributed by atoms with E-state index in [2.05, 4.69) is 13.0 Å². The first-order chi connectivity index (χ1) is 9.02. The number of carboxylic acid groups (broad SMARTS) is 1. The molecule has 0 bridgehead atoms. The average Bonchev–Trinajstić information content (AvgIpc) is 2.38. The summed E-state index contributed by atoms with van der Waals surface area (Å²) in [6.07, 6.45) is 1.68. The molecule has 1 aromatic carbocycles. The van der Waals surface area contributed by atoms with Crippen LogP contribution in [0.2, 0.25) is 0 Å².